The monoisotopic (exact) mass is 401 g/mol. The second-order valence-corrected chi connectivity index (χ2v) is 8.70. The minimum Gasteiger partial charge on any atom is -0.444 e. The standard InChI is InChI=1S/C20H26F3NO4/c1-12-5-6-13(20(21,22)23)7-16(12)19(26)8-14-10-27-11-15(9-19)24(14)17(25)28-18(2,3)4/h5-7,14-15,26H,8-11H2,1-4H3. The Labute approximate surface area is 162 Å². The van der Waals surface area contributed by atoms with E-state index in [4.69, 9.17) is 9.47 Å². The molecule has 2 aliphatic heterocycles. The largest absolute Gasteiger partial charge is 0.444 e. The highest BCUT2D eigenvalue weighted by atomic mass is 19.4. The van der Waals surface area contributed by atoms with Gasteiger partial charge in [-0.2, -0.15) is 13.2 Å². The van der Waals surface area contributed by atoms with E-state index in [9.17, 15) is 23.1 Å². The lowest BCUT2D eigenvalue weighted by Crippen LogP contribution is -2.63. The van der Waals surface area contributed by atoms with Crippen molar-refractivity contribution in [1.29, 1.82) is 0 Å². The topological polar surface area (TPSA) is 59.0 Å². The van der Waals surface area contributed by atoms with Gasteiger partial charge in [-0.15, -0.1) is 0 Å². The first-order chi connectivity index (χ1) is 12.8. The summed E-state index contributed by atoms with van der Waals surface area (Å²) in [6, 6.07) is 2.47. The molecule has 0 saturated carbocycles. The number of carbonyl (C=O) groups is 1. The first-order valence-electron chi connectivity index (χ1n) is 9.30. The summed E-state index contributed by atoms with van der Waals surface area (Å²) in [4.78, 5) is 14.2. The Morgan fingerprint density at radius 3 is 2.29 bits per heavy atom. The highest BCUT2D eigenvalue weighted by Crippen LogP contribution is 2.44. The fraction of sp³-hybridized carbons (Fsp3) is 0.650. The van der Waals surface area contributed by atoms with E-state index < -0.39 is 41.1 Å². The Bertz CT molecular complexity index is 743. The number of fused-ring (bicyclic) bond motifs is 2. The zero-order chi connectivity index (χ0) is 20.9. The van der Waals surface area contributed by atoms with Gasteiger partial charge in [-0.3, -0.25) is 4.90 Å². The fourth-order valence-corrected chi connectivity index (χ4v) is 4.11. The van der Waals surface area contributed by atoms with Gasteiger partial charge in [0.2, 0.25) is 0 Å². The summed E-state index contributed by atoms with van der Waals surface area (Å²) in [5.41, 5.74) is -2.10. The number of benzene rings is 1. The third-order valence-corrected chi connectivity index (χ3v) is 5.22. The summed E-state index contributed by atoms with van der Waals surface area (Å²) in [6.07, 6.45) is -4.81. The number of alkyl halides is 3. The molecule has 0 radical (unpaired) electrons. The van der Waals surface area contributed by atoms with Gasteiger partial charge in [0.15, 0.2) is 0 Å². The number of amides is 1. The van der Waals surface area contributed by atoms with Crippen molar-refractivity contribution in [1.82, 2.24) is 4.90 Å². The highest BCUT2D eigenvalue weighted by Gasteiger charge is 2.50. The second kappa shape index (κ2) is 6.91. The molecule has 2 fully saturated rings. The number of halogens is 3. The number of rotatable bonds is 1. The molecule has 1 N–H and O–H groups in total. The first kappa shape index (κ1) is 20.9. The van der Waals surface area contributed by atoms with Crippen LogP contribution in [0.15, 0.2) is 18.2 Å². The van der Waals surface area contributed by atoms with Gasteiger partial charge < -0.3 is 14.6 Å². The third-order valence-electron chi connectivity index (χ3n) is 5.22. The number of aryl methyl sites for hydroxylation is 1. The maximum atomic E-state index is 13.2. The minimum absolute atomic E-state index is 0.0882. The van der Waals surface area contributed by atoms with Gasteiger partial charge in [0.1, 0.15) is 5.60 Å². The molecule has 0 aromatic heterocycles. The quantitative estimate of drug-likeness (QED) is 0.773. The number of ether oxygens (including phenoxy) is 2. The van der Waals surface area contributed by atoms with Crippen molar-refractivity contribution in [3.05, 3.63) is 34.9 Å². The molecule has 1 amide bonds. The van der Waals surface area contributed by atoms with Crippen LogP contribution in [0, 0.1) is 6.92 Å². The summed E-state index contributed by atoms with van der Waals surface area (Å²) >= 11 is 0. The summed E-state index contributed by atoms with van der Waals surface area (Å²) in [6.45, 7) is 7.39. The molecule has 2 aliphatic rings. The summed E-state index contributed by atoms with van der Waals surface area (Å²) in [5, 5.41) is 11.3. The van der Waals surface area contributed by atoms with E-state index in [1.807, 2.05) is 0 Å². The average molecular weight is 401 g/mol. The lowest BCUT2D eigenvalue weighted by atomic mass is 9.75. The third kappa shape index (κ3) is 4.12. The van der Waals surface area contributed by atoms with Crippen LogP contribution in [-0.4, -0.2) is 47.0 Å². The van der Waals surface area contributed by atoms with E-state index in [0.29, 0.717) is 5.56 Å². The molecule has 8 heteroatoms. The van der Waals surface area contributed by atoms with Crippen molar-refractivity contribution >= 4 is 6.09 Å². The molecule has 2 bridgehead atoms. The highest BCUT2D eigenvalue weighted by molar-refractivity contribution is 5.69. The van der Waals surface area contributed by atoms with Crippen molar-refractivity contribution < 1.29 is 32.5 Å². The molecule has 1 aromatic rings. The predicted octanol–water partition coefficient (Wildman–Crippen LogP) is 4.00. The zero-order valence-electron chi connectivity index (χ0n) is 16.5. The number of nitrogens with zero attached hydrogens (tertiary/aromatic N) is 1. The van der Waals surface area contributed by atoms with Crippen molar-refractivity contribution in [3.8, 4) is 0 Å². The number of hydrogen-bond acceptors (Lipinski definition) is 4. The van der Waals surface area contributed by atoms with Crippen molar-refractivity contribution in [3.63, 3.8) is 0 Å². The molecular weight excluding hydrogens is 375 g/mol. The maximum Gasteiger partial charge on any atom is 0.416 e. The summed E-state index contributed by atoms with van der Waals surface area (Å²) < 4.78 is 50.5. The Kier molecular flexibility index (Phi) is 5.17. The SMILES string of the molecule is Cc1ccc(C(F)(F)F)cc1C1(O)CC2COCC(C1)N2C(=O)OC(C)(C)C. The second-order valence-electron chi connectivity index (χ2n) is 8.70. The number of piperidine rings is 1. The maximum absolute atomic E-state index is 13.2. The fourth-order valence-electron chi connectivity index (χ4n) is 4.11. The molecule has 1 aromatic carbocycles. The molecule has 2 heterocycles. The number of morpholine rings is 1. The molecule has 2 atom stereocenters. The number of carbonyl (C=O) groups excluding carboxylic acids is 1. The van der Waals surface area contributed by atoms with Gasteiger partial charge in [0, 0.05) is 12.8 Å². The molecule has 5 nitrogen and oxygen atoms in total. The van der Waals surface area contributed by atoms with E-state index in [0.717, 1.165) is 12.1 Å². The molecule has 0 spiro atoms. The Balaban J connectivity index is 1.92. The van der Waals surface area contributed by atoms with Gasteiger partial charge in [-0.05, 0) is 51.0 Å². The van der Waals surface area contributed by atoms with E-state index in [-0.39, 0.29) is 31.6 Å². The molecule has 3 rings (SSSR count). The molecule has 156 valence electrons. The molecular formula is C20H26F3NO4. The number of aliphatic hydroxyl groups is 1. The van der Waals surface area contributed by atoms with Gasteiger partial charge >= 0.3 is 12.3 Å². The molecule has 2 unspecified atom stereocenters. The molecule has 0 aliphatic carbocycles. The van der Waals surface area contributed by atoms with Crippen LogP contribution in [0.1, 0.15) is 50.3 Å². The van der Waals surface area contributed by atoms with E-state index in [1.54, 1.807) is 32.6 Å². The van der Waals surface area contributed by atoms with E-state index in [2.05, 4.69) is 0 Å². The smallest absolute Gasteiger partial charge is 0.416 e. The van der Waals surface area contributed by atoms with Crippen LogP contribution in [0.4, 0.5) is 18.0 Å². The Morgan fingerprint density at radius 2 is 1.79 bits per heavy atom. The Hall–Kier alpha value is -1.80. The van der Waals surface area contributed by atoms with Crippen LogP contribution in [0.5, 0.6) is 0 Å². The van der Waals surface area contributed by atoms with Crippen LogP contribution in [-0.2, 0) is 21.3 Å². The van der Waals surface area contributed by atoms with Gasteiger partial charge in [-0.25, -0.2) is 4.79 Å². The lowest BCUT2D eigenvalue weighted by Gasteiger charge is -2.51. The first-order valence-corrected chi connectivity index (χ1v) is 9.30. The van der Waals surface area contributed by atoms with Crippen LogP contribution in [0.3, 0.4) is 0 Å². The van der Waals surface area contributed by atoms with Crippen molar-refractivity contribution in [2.75, 3.05) is 13.2 Å². The summed E-state index contributed by atoms with van der Waals surface area (Å²) in [7, 11) is 0. The Morgan fingerprint density at radius 1 is 1.21 bits per heavy atom. The van der Waals surface area contributed by atoms with Crippen molar-refractivity contribution in [2.24, 2.45) is 0 Å². The molecule has 2 saturated heterocycles. The predicted molar refractivity (Wildman–Crippen MR) is 95.8 cm³/mol. The lowest BCUT2D eigenvalue weighted by molar-refractivity contribution is -0.143. The van der Waals surface area contributed by atoms with E-state index >= 15 is 0 Å². The normalized spacial score (nSPS) is 28.2. The van der Waals surface area contributed by atoms with Crippen molar-refractivity contribution in [2.45, 2.75) is 70.0 Å². The number of hydrogen-bond donors (Lipinski definition) is 1. The van der Waals surface area contributed by atoms with Gasteiger partial charge in [-0.1, -0.05) is 6.07 Å². The average Bonchev–Trinajstić information content (AvgIpc) is 2.51. The van der Waals surface area contributed by atoms with Gasteiger partial charge in [0.25, 0.3) is 0 Å². The summed E-state index contributed by atoms with van der Waals surface area (Å²) in [5.74, 6) is 0. The van der Waals surface area contributed by atoms with Crippen LogP contribution in [0.25, 0.3) is 0 Å². The van der Waals surface area contributed by atoms with Crippen LogP contribution < -0.4 is 0 Å². The zero-order valence-corrected chi connectivity index (χ0v) is 16.5. The minimum atomic E-state index is -4.49. The van der Waals surface area contributed by atoms with E-state index in [1.165, 1.54) is 6.07 Å². The van der Waals surface area contributed by atoms with Gasteiger partial charge in [0.05, 0.1) is 36.5 Å². The molecule has 28 heavy (non-hydrogen) atoms. The van der Waals surface area contributed by atoms with Crippen LogP contribution in [0.2, 0.25) is 0 Å². The van der Waals surface area contributed by atoms with Crippen LogP contribution >= 0.6 is 0 Å².